The van der Waals surface area contributed by atoms with Gasteiger partial charge in [-0.1, -0.05) is 18.2 Å². The van der Waals surface area contributed by atoms with E-state index < -0.39 is 0 Å². The molecule has 0 saturated heterocycles. The van der Waals surface area contributed by atoms with E-state index in [9.17, 15) is 4.79 Å². The molecule has 0 radical (unpaired) electrons. The van der Waals surface area contributed by atoms with Gasteiger partial charge in [0.25, 0.3) is 0 Å². The van der Waals surface area contributed by atoms with E-state index in [-0.39, 0.29) is 0 Å². The van der Waals surface area contributed by atoms with Gasteiger partial charge in [0.05, 0.1) is 5.52 Å². The molecular weight excluding hydrogens is 190 g/mol. The van der Waals surface area contributed by atoms with Gasteiger partial charge in [-0.3, -0.25) is 4.79 Å². The second-order valence-electron chi connectivity index (χ2n) is 3.31. The van der Waals surface area contributed by atoms with Crippen LogP contribution in [-0.2, 0) is 11.5 Å². The Labute approximate surface area is 88.3 Å². The highest BCUT2D eigenvalue weighted by Crippen LogP contribution is 2.19. The molecule has 0 aliphatic rings. The second-order valence-corrected chi connectivity index (χ2v) is 3.31. The number of rotatable bonds is 4. The molecule has 0 amide bonds. The zero-order valence-corrected chi connectivity index (χ0v) is 8.64. The third-order valence-electron chi connectivity index (χ3n) is 2.38. The van der Waals surface area contributed by atoms with E-state index in [1.807, 2.05) is 42.0 Å². The van der Waals surface area contributed by atoms with Gasteiger partial charge in [-0.2, -0.15) is 0 Å². The Balaban J connectivity index is 2.50. The molecule has 15 heavy (non-hydrogen) atoms. The van der Waals surface area contributed by atoms with Gasteiger partial charge in [0.2, 0.25) is 0 Å². The molecule has 0 bridgehead atoms. The maximum absolute atomic E-state index is 10.9. The summed E-state index contributed by atoms with van der Waals surface area (Å²) < 4.78 is 7.28. The van der Waals surface area contributed by atoms with Gasteiger partial charge in [0.1, 0.15) is 6.73 Å². The van der Waals surface area contributed by atoms with Crippen LogP contribution < -0.4 is 0 Å². The minimum Gasteiger partial charge on any atom is -0.361 e. The summed E-state index contributed by atoms with van der Waals surface area (Å²) in [6, 6.07) is 7.82. The van der Waals surface area contributed by atoms with Crippen molar-refractivity contribution in [3.8, 4) is 0 Å². The molecule has 2 rings (SSSR count). The monoisotopic (exact) mass is 203 g/mol. The number of aldehydes is 1. The molecule has 0 aliphatic heterocycles. The lowest BCUT2D eigenvalue weighted by molar-refractivity contribution is 0.0907. The Morgan fingerprint density at radius 1 is 1.40 bits per heavy atom. The van der Waals surface area contributed by atoms with Crippen LogP contribution in [0.4, 0.5) is 0 Å². The minimum absolute atomic E-state index is 0.491. The fraction of sp³-hybridized carbons (Fsp3) is 0.250. The number of benzene rings is 1. The first kappa shape index (κ1) is 9.93. The van der Waals surface area contributed by atoms with Crippen LogP contribution in [0.1, 0.15) is 17.3 Å². The molecule has 3 nitrogen and oxygen atoms in total. The topological polar surface area (TPSA) is 31.2 Å². The van der Waals surface area contributed by atoms with Crippen molar-refractivity contribution in [2.45, 2.75) is 13.7 Å². The van der Waals surface area contributed by atoms with Crippen molar-refractivity contribution in [1.29, 1.82) is 0 Å². The van der Waals surface area contributed by atoms with Crippen LogP contribution in [0.5, 0.6) is 0 Å². The maximum Gasteiger partial charge on any atom is 0.152 e. The summed E-state index contributed by atoms with van der Waals surface area (Å²) in [5.74, 6) is 0. The molecule has 1 aromatic carbocycles. The van der Waals surface area contributed by atoms with Crippen LogP contribution in [0.2, 0.25) is 0 Å². The number of fused-ring (bicyclic) bond motifs is 1. The zero-order chi connectivity index (χ0) is 10.7. The lowest BCUT2D eigenvalue weighted by Gasteiger charge is -2.04. The number of para-hydroxylation sites is 1. The van der Waals surface area contributed by atoms with Gasteiger partial charge in [0, 0.05) is 23.8 Å². The average Bonchev–Trinajstić information content (AvgIpc) is 2.65. The van der Waals surface area contributed by atoms with Crippen molar-refractivity contribution in [1.82, 2.24) is 4.57 Å². The van der Waals surface area contributed by atoms with Crippen molar-refractivity contribution in [2.75, 3.05) is 6.61 Å². The van der Waals surface area contributed by atoms with Crippen molar-refractivity contribution in [3.63, 3.8) is 0 Å². The molecule has 0 N–H and O–H groups in total. The fourth-order valence-corrected chi connectivity index (χ4v) is 1.67. The standard InChI is InChI=1S/C12H13NO2/c1-2-15-9-13-7-10(8-14)11-5-3-4-6-12(11)13/h3-8H,2,9H2,1H3. The van der Waals surface area contributed by atoms with Crippen molar-refractivity contribution >= 4 is 17.2 Å². The first-order valence-electron chi connectivity index (χ1n) is 4.97. The Hall–Kier alpha value is -1.61. The molecule has 2 aromatic rings. The van der Waals surface area contributed by atoms with Gasteiger partial charge in [-0.25, -0.2) is 0 Å². The van der Waals surface area contributed by atoms with Crippen LogP contribution >= 0.6 is 0 Å². The quantitative estimate of drug-likeness (QED) is 0.715. The van der Waals surface area contributed by atoms with Gasteiger partial charge in [0.15, 0.2) is 6.29 Å². The Bertz CT molecular complexity index is 473. The molecule has 0 saturated carbocycles. The molecule has 1 aromatic heterocycles. The maximum atomic E-state index is 10.9. The van der Waals surface area contributed by atoms with Crippen LogP contribution in [0.15, 0.2) is 30.5 Å². The largest absolute Gasteiger partial charge is 0.361 e. The van der Waals surface area contributed by atoms with E-state index in [0.29, 0.717) is 18.9 Å². The predicted octanol–water partition coefficient (Wildman–Crippen LogP) is 2.45. The highest BCUT2D eigenvalue weighted by atomic mass is 16.5. The third-order valence-corrected chi connectivity index (χ3v) is 2.38. The summed E-state index contributed by atoms with van der Waals surface area (Å²) in [4.78, 5) is 10.9. The van der Waals surface area contributed by atoms with Gasteiger partial charge < -0.3 is 9.30 Å². The van der Waals surface area contributed by atoms with E-state index in [1.165, 1.54) is 0 Å². The van der Waals surface area contributed by atoms with E-state index in [2.05, 4.69) is 0 Å². The van der Waals surface area contributed by atoms with E-state index in [1.54, 1.807) is 0 Å². The summed E-state index contributed by atoms with van der Waals surface area (Å²) in [6.07, 6.45) is 2.71. The number of aromatic nitrogens is 1. The Morgan fingerprint density at radius 3 is 2.93 bits per heavy atom. The average molecular weight is 203 g/mol. The number of hydrogen-bond donors (Lipinski definition) is 0. The second kappa shape index (κ2) is 4.28. The lowest BCUT2D eigenvalue weighted by atomic mass is 10.2. The number of hydrogen-bond acceptors (Lipinski definition) is 2. The van der Waals surface area contributed by atoms with E-state index in [0.717, 1.165) is 17.2 Å². The van der Waals surface area contributed by atoms with Gasteiger partial charge in [-0.15, -0.1) is 0 Å². The number of carbonyl (C=O) groups excluding carboxylic acids is 1. The minimum atomic E-state index is 0.491. The lowest BCUT2D eigenvalue weighted by Crippen LogP contribution is -2.00. The number of nitrogens with zero attached hydrogens (tertiary/aromatic N) is 1. The van der Waals surface area contributed by atoms with Crippen molar-refractivity contribution < 1.29 is 9.53 Å². The molecule has 78 valence electrons. The van der Waals surface area contributed by atoms with E-state index in [4.69, 9.17) is 4.74 Å². The van der Waals surface area contributed by atoms with Gasteiger partial charge >= 0.3 is 0 Å². The molecule has 0 fully saturated rings. The number of carbonyl (C=O) groups is 1. The summed E-state index contributed by atoms with van der Waals surface area (Å²) >= 11 is 0. The van der Waals surface area contributed by atoms with Crippen LogP contribution in [0, 0.1) is 0 Å². The smallest absolute Gasteiger partial charge is 0.152 e. The SMILES string of the molecule is CCOCn1cc(C=O)c2ccccc21. The summed E-state index contributed by atoms with van der Waals surface area (Å²) in [7, 11) is 0. The third kappa shape index (κ3) is 1.78. The van der Waals surface area contributed by atoms with Crippen molar-refractivity contribution in [2.24, 2.45) is 0 Å². The first-order chi connectivity index (χ1) is 7.36. The molecular formula is C12H13NO2. The highest BCUT2D eigenvalue weighted by Gasteiger charge is 2.06. The summed E-state index contributed by atoms with van der Waals surface area (Å²) in [5.41, 5.74) is 1.75. The molecule has 0 spiro atoms. The van der Waals surface area contributed by atoms with Gasteiger partial charge in [-0.05, 0) is 13.0 Å². The summed E-state index contributed by atoms with van der Waals surface area (Å²) in [6.45, 7) is 3.11. The normalized spacial score (nSPS) is 10.7. The molecule has 3 heteroatoms. The highest BCUT2D eigenvalue weighted by molar-refractivity contribution is 5.97. The molecule has 0 aliphatic carbocycles. The predicted molar refractivity (Wildman–Crippen MR) is 59.0 cm³/mol. The van der Waals surface area contributed by atoms with E-state index >= 15 is 0 Å². The van der Waals surface area contributed by atoms with Crippen LogP contribution in [-0.4, -0.2) is 17.5 Å². The van der Waals surface area contributed by atoms with Crippen LogP contribution in [0.3, 0.4) is 0 Å². The van der Waals surface area contributed by atoms with Crippen LogP contribution in [0.25, 0.3) is 10.9 Å². The molecule has 0 atom stereocenters. The summed E-state index contributed by atoms with van der Waals surface area (Å²) in [5, 5.41) is 0.979. The fourth-order valence-electron chi connectivity index (χ4n) is 1.67. The Morgan fingerprint density at radius 2 is 2.20 bits per heavy atom. The molecule has 1 heterocycles. The zero-order valence-electron chi connectivity index (χ0n) is 8.64. The van der Waals surface area contributed by atoms with Crippen molar-refractivity contribution in [3.05, 3.63) is 36.0 Å². The first-order valence-corrected chi connectivity index (χ1v) is 4.97. The molecule has 0 unspecified atom stereocenters. The Kier molecular flexibility index (Phi) is 2.83. The number of ether oxygens (including phenoxy) is 1.